The van der Waals surface area contributed by atoms with Crippen molar-refractivity contribution in [2.75, 3.05) is 19.1 Å². The SMILES string of the molecule is COC(C)C(OC(=O)c1cc(Cl)ccc1Cl)N(c1ccccc1)C(OC(=O)c1cc(Cl)ccc1Cl)C(C)OC. The molecule has 3 aromatic rings. The first-order valence-electron chi connectivity index (χ1n) is 11.8. The maximum Gasteiger partial charge on any atom is 0.341 e. The van der Waals surface area contributed by atoms with E-state index >= 15 is 0 Å². The summed E-state index contributed by atoms with van der Waals surface area (Å²) in [5.41, 5.74) is 0.671. The zero-order chi connectivity index (χ0) is 28.7. The van der Waals surface area contributed by atoms with E-state index in [1.54, 1.807) is 55.1 Å². The number of rotatable bonds is 11. The van der Waals surface area contributed by atoms with E-state index < -0.39 is 36.6 Å². The number of nitrogens with zero attached hydrogens (tertiary/aromatic N) is 1. The van der Waals surface area contributed by atoms with Gasteiger partial charge in [-0.05, 0) is 62.4 Å². The van der Waals surface area contributed by atoms with Crippen molar-refractivity contribution in [2.45, 2.75) is 38.5 Å². The Labute approximate surface area is 247 Å². The summed E-state index contributed by atoms with van der Waals surface area (Å²) < 4.78 is 23.1. The maximum absolute atomic E-state index is 13.4. The van der Waals surface area contributed by atoms with Crippen LogP contribution in [0.15, 0.2) is 66.7 Å². The molecule has 7 nitrogen and oxygen atoms in total. The summed E-state index contributed by atoms with van der Waals surface area (Å²) in [4.78, 5) is 28.3. The Morgan fingerprint density at radius 1 is 0.667 bits per heavy atom. The van der Waals surface area contributed by atoms with Crippen LogP contribution < -0.4 is 4.90 Å². The summed E-state index contributed by atoms with van der Waals surface area (Å²) in [6.45, 7) is 3.41. The van der Waals surface area contributed by atoms with Crippen molar-refractivity contribution in [3.63, 3.8) is 0 Å². The van der Waals surface area contributed by atoms with Crippen LogP contribution in [0, 0.1) is 0 Å². The Morgan fingerprint density at radius 2 is 1.08 bits per heavy atom. The summed E-state index contributed by atoms with van der Waals surface area (Å²) in [7, 11) is 2.93. The van der Waals surface area contributed by atoms with Gasteiger partial charge in [-0.25, -0.2) is 9.59 Å². The molecule has 0 radical (unpaired) electrons. The first-order valence-corrected chi connectivity index (χ1v) is 13.3. The minimum Gasteiger partial charge on any atom is -0.435 e. The summed E-state index contributed by atoms with van der Waals surface area (Å²) in [6.07, 6.45) is -3.67. The van der Waals surface area contributed by atoms with Gasteiger partial charge in [0.05, 0.1) is 21.2 Å². The number of para-hydroxylation sites is 1. The second-order valence-electron chi connectivity index (χ2n) is 8.46. The fourth-order valence-electron chi connectivity index (χ4n) is 3.68. The van der Waals surface area contributed by atoms with Crippen molar-refractivity contribution >= 4 is 64.0 Å². The largest absolute Gasteiger partial charge is 0.435 e. The third-order valence-electron chi connectivity index (χ3n) is 5.90. The lowest BCUT2D eigenvalue weighted by Crippen LogP contribution is -2.56. The highest BCUT2D eigenvalue weighted by atomic mass is 35.5. The molecular weight excluding hydrogens is 588 g/mol. The fraction of sp³-hybridized carbons (Fsp3) is 0.286. The number of hydrogen-bond donors (Lipinski definition) is 0. The first kappa shape index (κ1) is 31.0. The molecule has 3 rings (SSSR count). The van der Waals surface area contributed by atoms with Crippen LogP contribution >= 0.6 is 46.4 Å². The molecule has 3 aromatic carbocycles. The molecule has 0 aromatic heterocycles. The van der Waals surface area contributed by atoms with Gasteiger partial charge in [0.2, 0.25) is 12.5 Å². The van der Waals surface area contributed by atoms with Gasteiger partial charge in [-0.1, -0.05) is 64.6 Å². The molecule has 0 aliphatic rings. The van der Waals surface area contributed by atoms with E-state index in [0.717, 1.165) is 0 Å². The number of hydrogen-bond acceptors (Lipinski definition) is 7. The fourth-order valence-corrected chi connectivity index (χ4v) is 4.42. The molecule has 0 bridgehead atoms. The van der Waals surface area contributed by atoms with Crippen LogP contribution in [0.4, 0.5) is 5.69 Å². The molecule has 0 N–H and O–H groups in total. The van der Waals surface area contributed by atoms with E-state index in [2.05, 4.69) is 0 Å². The Kier molecular flexibility index (Phi) is 11.3. The van der Waals surface area contributed by atoms with E-state index in [4.69, 9.17) is 65.4 Å². The van der Waals surface area contributed by atoms with E-state index in [-0.39, 0.29) is 21.2 Å². The van der Waals surface area contributed by atoms with Gasteiger partial charge in [0.15, 0.2) is 0 Å². The lowest BCUT2D eigenvalue weighted by molar-refractivity contribution is -0.0741. The standard InChI is InChI=1S/C28H27Cl4NO6/c1-16(36-3)25(38-27(34)21-14-18(29)10-12-23(21)31)33(20-8-6-5-7-9-20)26(17(2)37-4)39-28(35)22-15-19(30)11-13-24(22)32/h5-17,25-26H,1-4H3. The van der Waals surface area contributed by atoms with Crippen LogP contribution in [0.1, 0.15) is 34.6 Å². The van der Waals surface area contributed by atoms with Crippen LogP contribution in [0.5, 0.6) is 0 Å². The van der Waals surface area contributed by atoms with E-state index in [0.29, 0.717) is 15.7 Å². The molecule has 0 fully saturated rings. The number of carbonyl (C=O) groups excluding carboxylic acids is 2. The summed E-state index contributed by atoms with van der Waals surface area (Å²) in [5, 5.41) is 0.924. The van der Waals surface area contributed by atoms with Crippen LogP contribution in [0.25, 0.3) is 0 Å². The minimum atomic E-state index is -1.12. The average Bonchev–Trinajstić information content (AvgIpc) is 2.94. The second-order valence-corrected chi connectivity index (χ2v) is 10.2. The molecule has 0 saturated heterocycles. The molecule has 39 heavy (non-hydrogen) atoms. The van der Waals surface area contributed by atoms with E-state index in [9.17, 15) is 9.59 Å². The van der Waals surface area contributed by atoms with Gasteiger partial charge in [-0.2, -0.15) is 0 Å². The molecule has 208 valence electrons. The highest BCUT2D eigenvalue weighted by Gasteiger charge is 2.39. The molecule has 11 heteroatoms. The van der Waals surface area contributed by atoms with Gasteiger partial charge in [0.1, 0.15) is 12.2 Å². The number of halogens is 4. The van der Waals surface area contributed by atoms with Gasteiger partial charge in [-0.15, -0.1) is 0 Å². The molecule has 4 atom stereocenters. The summed E-state index contributed by atoms with van der Waals surface area (Å²) >= 11 is 24.7. The van der Waals surface area contributed by atoms with Crippen LogP contribution in [0.2, 0.25) is 20.1 Å². The zero-order valence-corrected chi connectivity index (χ0v) is 24.6. The van der Waals surface area contributed by atoms with Crippen molar-refractivity contribution < 1.29 is 28.5 Å². The third-order valence-corrected chi connectivity index (χ3v) is 7.03. The minimum absolute atomic E-state index is 0.0597. The lowest BCUT2D eigenvalue weighted by atomic mass is 10.1. The molecule has 4 unspecified atom stereocenters. The predicted octanol–water partition coefficient (Wildman–Crippen LogP) is 7.54. The number of carbonyl (C=O) groups is 2. The topological polar surface area (TPSA) is 74.3 Å². The molecule has 0 aliphatic carbocycles. The van der Waals surface area contributed by atoms with Gasteiger partial charge in [-0.3, -0.25) is 4.90 Å². The van der Waals surface area contributed by atoms with Crippen molar-refractivity contribution in [3.8, 4) is 0 Å². The van der Waals surface area contributed by atoms with Gasteiger partial charge >= 0.3 is 11.9 Å². The zero-order valence-electron chi connectivity index (χ0n) is 21.6. The van der Waals surface area contributed by atoms with Gasteiger partial charge < -0.3 is 18.9 Å². The van der Waals surface area contributed by atoms with Crippen molar-refractivity contribution in [1.29, 1.82) is 0 Å². The van der Waals surface area contributed by atoms with Crippen LogP contribution in [-0.2, 0) is 18.9 Å². The predicted molar refractivity (Wildman–Crippen MR) is 153 cm³/mol. The van der Waals surface area contributed by atoms with Gasteiger partial charge in [0.25, 0.3) is 0 Å². The lowest BCUT2D eigenvalue weighted by Gasteiger charge is -2.42. The molecule has 0 amide bonds. The molecule has 0 aliphatic heterocycles. The van der Waals surface area contributed by atoms with Crippen molar-refractivity contribution in [2.24, 2.45) is 0 Å². The summed E-state index contributed by atoms with van der Waals surface area (Å²) in [6, 6.07) is 17.9. The third kappa shape index (κ3) is 7.78. The first-order chi connectivity index (χ1) is 18.6. The van der Waals surface area contributed by atoms with Crippen LogP contribution in [-0.4, -0.2) is 50.8 Å². The molecule has 0 spiro atoms. The van der Waals surface area contributed by atoms with E-state index in [1.807, 2.05) is 6.07 Å². The van der Waals surface area contributed by atoms with Crippen molar-refractivity contribution in [3.05, 3.63) is 97.9 Å². The Hall–Kier alpha value is -2.52. The number of anilines is 1. The highest BCUT2D eigenvalue weighted by molar-refractivity contribution is 6.36. The number of benzene rings is 3. The molecule has 0 saturated carbocycles. The van der Waals surface area contributed by atoms with Crippen LogP contribution in [0.3, 0.4) is 0 Å². The maximum atomic E-state index is 13.4. The average molecular weight is 615 g/mol. The highest BCUT2D eigenvalue weighted by Crippen LogP contribution is 2.30. The molecular formula is C28H27Cl4NO6. The summed E-state index contributed by atoms with van der Waals surface area (Å²) in [5.74, 6) is -1.52. The smallest absolute Gasteiger partial charge is 0.341 e. The Bertz CT molecular complexity index is 1210. The molecule has 0 heterocycles. The monoisotopic (exact) mass is 613 g/mol. The Morgan fingerprint density at radius 3 is 1.46 bits per heavy atom. The number of ether oxygens (including phenoxy) is 4. The quantitative estimate of drug-likeness (QED) is 0.163. The van der Waals surface area contributed by atoms with Crippen molar-refractivity contribution in [1.82, 2.24) is 0 Å². The number of methoxy groups -OCH3 is 2. The Balaban J connectivity index is 2.10. The van der Waals surface area contributed by atoms with Gasteiger partial charge in [0, 0.05) is 30.0 Å². The van der Waals surface area contributed by atoms with E-state index in [1.165, 1.54) is 38.5 Å². The second kappa shape index (κ2) is 14.2. The number of esters is 2. The normalized spacial score (nSPS) is 14.2.